The topological polar surface area (TPSA) is 136 Å². The fraction of sp³-hybridized carbons (Fsp3) is 0.560. The van der Waals surface area contributed by atoms with Gasteiger partial charge in [-0.1, -0.05) is 68.7 Å². The molecule has 1 amide bonds. The van der Waals surface area contributed by atoms with Gasteiger partial charge in [0, 0.05) is 5.92 Å². The Kier molecular flexibility index (Phi) is 9.60. The van der Waals surface area contributed by atoms with Gasteiger partial charge in [-0.3, -0.25) is 19.8 Å². The first-order valence-corrected chi connectivity index (χ1v) is 11.5. The number of carboxylic acid groups (broad SMARTS) is 1. The molecule has 176 valence electrons. The standard InChI is InChI=1S/C25H37N3O4/c1-3-9-19(23(30)28-27)16-21(24(31)32)25(22(29)17(2)26,20-12-7-8-13-20)15-14-18-10-5-4-6-11-18/h4-6,10-11,14-15,17,19-21H,3,7-9,12-13,16,26-27H2,1-2H3,(H,28,30)(H,31,32)/b15-14+/t17-,19+,21+,25?/m1/s1. The summed E-state index contributed by atoms with van der Waals surface area (Å²) in [6.07, 6.45) is 8.19. The summed E-state index contributed by atoms with van der Waals surface area (Å²) >= 11 is 0. The molecule has 1 aliphatic carbocycles. The monoisotopic (exact) mass is 443 g/mol. The molecule has 0 aliphatic heterocycles. The quantitative estimate of drug-likeness (QED) is 0.222. The molecule has 1 saturated carbocycles. The molecule has 0 aromatic heterocycles. The number of nitrogens with one attached hydrogen (secondary N) is 1. The third kappa shape index (κ3) is 5.84. The Morgan fingerprint density at radius 2 is 1.84 bits per heavy atom. The molecule has 1 aliphatic rings. The number of carbonyl (C=O) groups excluding carboxylic acids is 2. The van der Waals surface area contributed by atoms with Crippen molar-refractivity contribution in [2.24, 2.45) is 34.7 Å². The van der Waals surface area contributed by atoms with Crippen LogP contribution in [0.3, 0.4) is 0 Å². The number of nitrogens with two attached hydrogens (primary N) is 2. The fourth-order valence-corrected chi connectivity index (χ4v) is 5.19. The maximum absolute atomic E-state index is 13.7. The molecule has 6 N–H and O–H groups in total. The van der Waals surface area contributed by atoms with Gasteiger partial charge in [0.25, 0.3) is 0 Å². The lowest BCUT2D eigenvalue weighted by atomic mass is 9.59. The number of hydrogen-bond acceptors (Lipinski definition) is 5. The van der Waals surface area contributed by atoms with Gasteiger partial charge in [0.2, 0.25) is 5.91 Å². The van der Waals surface area contributed by atoms with Crippen LogP contribution in [0.2, 0.25) is 0 Å². The minimum Gasteiger partial charge on any atom is -0.481 e. The number of benzene rings is 1. The van der Waals surface area contributed by atoms with Crippen LogP contribution in [0.4, 0.5) is 0 Å². The minimum atomic E-state index is -1.30. The molecule has 0 spiro atoms. The molecule has 32 heavy (non-hydrogen) atoms. The average Bonchev–Trinajstić information content (AvgIpc) is 3.33. The van der Waals surface area contributed by atoms with Gasteiger partial charge >= 0.3 is 5.97 Å². The highest BCUT2D eigenvalue weighted by Crippen LogP contribution is 2.50. The molecule has 7 nitrogen and oxygen atoms in total. The zero-order chi connectivity index (χ0) is 23.7. The molecule has 1 fully saturated rings. The van der Waals surface area contributed by atoms with E-state index in [4.69, 9.17) is 11.6 Å². The second-order valence-electron chi connectivity index (χ2n) is 8.93. The molecular weight excluding hydrogens is 406 g/mol. The zero-order valence-corrected chi connectivity index (χ0v) is 19.1. The third-order valence-electron chi connectivity index (χ3n) is 6.77. The van der Waals surface area contributed by atoms with Crippen LogP contribution in [0.5, 0.6) is 0 Å². The Labute approximate surface area is 190 Å². The number of hydrogen-bond donors (Lipinski definition) is 4. The molecule has 1 aromatic rings. The van der Waals surface area contributed by atoms with Crippen molar-refractivity contribution in [3.05, 3.63) is 42.0 Å². The Balaban J connectivity index is 2.65. The number of aliphatic carboxylic acids is 1. The lowest BCUT2D eigenvalue weighted by Gasteiger charge is -2.42. The predicted molar refractivity (Wildman–Crippen MR) is 125 cm³/mol. The van der Waals surface area contributed by atoms with E-state index < -0.39 is 35.2 Å². The maximum Gasteiger partial charge on any atom is 0.307 e. The smallest absolute Gasteiger partial charge is 0.307 e. The molecule has 0 heterocycles. The summed E-state index contributed by atoms with van der Waals surface area (Å²) in [5, 5.41) is 10.4. The highest BCUT2D eigenvalue weighted by Gasteiger charge is 2.54. The van der Waals surface area contributed by atoms with Gasteiger partial charge in [-0.05, 0) is 44.1 Å². The van der Waals surface area contributed by atoms with Crippen molar-refractivity contribution in [1.29, 1.82) is 0 Å². The van der Waals surface area contributed by atoms with Crippen molar-refractivity contribution in [2.75, 3.05) is 0 Å². The normalized spacial score (nSPS) is 19.2. The van der Waals surface area contributed by atoms with Crippen molar-refractivity contribution < 1.29 is 19.5 Å². The Morgan fingerprint density at radius 3 is 2.34 bits per heavy atom. The molecule has 0 radical (unpaired) electrons. The first kappa shape index (κ1) is 25.7. The Morgan fingerprint density at radius 1 is 1.22 bits per heavy atom. The summed E-state index contributed by atoms with van der Waals surface area (Å²) in [4.78, 5) is 38.9. The van der Waals surface area contributed by atoms with Crippen LogP contribution in [0.15, 0.2) is 36.4 Å². The van der Waals surface area contributed by atoms with Crippen LogP contribution in [0.1, 0.15) is 64.4 Å². The molecule has 1 unspecified atom stereocenters. The number of Topliss-reactive ketones (excluding diaryl/α,β-unsaturated/α-hetero) is 1. The van der Waals surface area contributed by atoms with Crippen molar-refractivity contribution in [3.63, 3.8) is 0 Å². The predicted octanol–water partition coefficient (Wildman–Crippen LogP) is 3.29. The number of carboxylic acids is 1. The van der Waals surface area contributed by atoms with Crippen molar-refractivity contribution in [1.82, 2.24) is 5.43 Å². The molecule has 7 heteroatoms. The van der Waals surface area contributed by atoms with Crippen LogP contribution >= 0.6 is 0 Å². The van der Waals surface area contributed by atoms with E-state index in [9.17, 15) is 19.5 Å². The van der Waals surface area contributed by atoms with Crippen molar-refractivity contribution in [2.45, 2.75) is 64.8 Å². The first-order valence-electron chi connectivity index (χ1n) is 11.5. The van der Waals surface area contributed by atoms with E-state index >= 15 is 0 Å². The first-order chi connectivity index (χ1) is 15.3. The summed E-state index contributed by atoms with van der Waals surface area (Å²) in [7, 11) is 0. The van der Waals surface area contributed by atoms with Gasteiger partial charge in [0.1, 0.15) is 0 Å². The van der Waals surface area contributed by atoms with Crippen molar-refractivity contribution >= 4 is 23.7 Å². The van der Waals surface area contributed by atoms with E-state index in [0.717, 1.165) is 31.2 Å². The molecular formula is C25H37N3O4. The lowest BCUT2D eigenvalue weighted by molar-refractivity contribution is -0.154. The zero-order valence-electron chi connectivity index (χ0n) is 19.1. The van der Waals surface area contributed by atoms with Crippen LogP contribution in [0.25, 0.3) is 6.08 Å². The Bertz CT molecular complexity index is 803. The summed E-state index contributed by atoms with van der Waals surface area (Å²) < 4.78 is 0. The van der Waals surface area contributed by atoms with Gasteiger partial charge < -0.3 is 10.8 Å². The molecule has 2 rings (SSSR count). The number of carbonyl (C=O) groups is 3. The summed E-state index contributed by atoms with van der Waals surface area (Å²) in [5.74, 6) is 1.77. The van der Waals surface area contributed by atoms with Crippen LogP contribution in [-0.4, -0.2) is 28.8 Å². The number of ketones is 1. The summed E-state index contributed by atoms with van der Waals surface area (Å²) in [6.45, 7) is 3.54. The lowest BCUT2D eigenvalue weighted by Crippen LogP contribution is -2.53. The minimum absolute atomic E-state index is 0.0281. The third-order valence-corrected chi connectivity index (χ3v) is 6.77. The van der Waals surface area contributed by atoms with E-state index in [1.807, 2.05) is 43.3 Å². The summed E-state index contributed by atoms with van der Waals surface area (Å²) in [6, 6.07) is 8.66. The largest absolute Gasteiger partial charge is 0.481 e. The molecule has 4 atom stereocenters. The number of hydrazine groups is 1. The SMILES string of the molecule is CCC[C@@H](C[C@@H](C(=O)O)C(/C=C/c1ccccc1)(C(=O)[C@@H](C)N)C1CCCC1)C(=O)NN. The highest BCUT2D eigenvalue weighted by molar-refractivity contribution is 5.96. The van der Waals surface area contributed by atoms with Gasteiger partial charge in [-0.25, -0.2) is 5.84 Å². The van der Waals surface area contributed by atoms with E-state index in [-0.39, 0.29) is 18.1 Å². The van der Waals surface area contributed by atoms with Gasteiger partial charge in [-0.2, -0.15) is 0 Å². The van der Waals surface area contributed by atoms with E-state index in [2.05, 4.69) is 5.43 Å². The second kappa shape index (κ2) is 11.9. The number of allylic oxidation sites excluding steroid dienone is 1. The van der Waals surface area contributed by atoms with E-state index in [0.29, 0.717) is 12.8 Å². The van der Waals surface area contributed by atoms with Crippen LogP contribution in [0, 0.1) is 23.2 Å². The van der Waals surface area contributed by atoms with Crippen LogP contribution in [-0.2, 0) is 14.4 Å². The second-order valence-corrected chi connectivity index (χ2v) is 8.93. The molecule has 0 bridgehead atoms. The maximum atomic E-state index is 13.7. The number of rotatable bonds is 12. The molecule has 0 saturated heterocycles. The average molecular weight is 444 g/mol. The van der Waals surface area contributed by atoms with Crippen molar-refractivity contribution in [3.8, 4) is 0 Å². The van der Waals surface area contributed by atoms with E-state index in [1.54, 1.807) is 13.0 Å². The Hall–Kier alpha value is -2.51. The van der Waals surface area contributed by atoms with Crippen LogP contribution < -0.4 is 17.0 Å². The van der Waals surface area contributed by atoms with E-state index in [1.165, 1.54) is 0 Å². The van der Waals surface area contributed by atoms with Gasteiger partial charge in [0.15, 0.2) is 5.78 Å². The number of amides is 1. The summed E-state index contributed by atoms with van der Waals surface area (Å²) in [5.41, 5.74) is 7.84. The fourth-order valence-electron chi connectivity index (χ4n) is 5.19. The molecule has 1 aromatic carbocycles. The van der Waals surface area contributed by atoms with Gasteiger partial charge in [0.05, 0.1) is 17.4 Å². The highest BCUT2D eigenvalue weighted by atomic mass is 16.4. The van der Waals surface area contributed by atoms with Gasteiger partial charge in [-0.15, -0.1) is 0 Å².